The zero-order valence-electron chi connectivity index (χ0n) is 11.3. The summed E-state index contributed by atoms with van der Waals surface area (Å²) >= 11 is 0. The van der Waals surface area contributed by atoms with E-state index in [-0.39, 0.29) is 5.78 Å². The summed E-state index contributed by atoms with van der Waals surface area (Å²) in [7, 11) is 1.99. The molecule has 0 spiro atoms. The van der Waals surface area contributed by atoms with Crippen molar-refractivity contribution in [3.63, 3.8) is 0 Å². The smallest absolute Gasteiger partial charge is 0.161 e. The lowest BCUT2D eigenvalue weighted by molar-refractivity contribution is 0.0854. The van der Waals surface area contributed by atoms with Crippen LogP contribution in [0.2, 0.25) is 0 Å². The maximum atomic E-state index is 11.7. The van der Waals surface area contributed by atoms with Gasteiger partial charge in [-0.05, 0) is 38.0 Å². The number of hydrogen-bond acceptors (Lipinski definition) is 4. The van der Waals surface area contributed by atoms with Crippen molar-refractivity contribution in [3.05, 3.63) is 29.3 Å². The number of hydrogen-bond donors (Lipinski definition) is 0. The molecule has 4 nitrogen and oxygen atoms in total. The standard InChI is InChI=1S/C15H18N2O2/c1-11(18)14-4-3-12(10-16)9-15(14)17(2)13-5-7-19-8-6-13/h3-4,9,13H,5-8H2,1-2H3. The maximum absolute atomic E-state index is 11.7. The highest BCUT2D eigenvalue weighted by atomic mass is 16.5. The third-order valence-corrected chi connectivity index (χ3v) is 3.62. The molecule has 0 aliphatic carbocycles. The second-order valence-corrected chi connectivity index (χ2v) is 4.85. The Kier molecular flexibility index (Phi) is 4.18. The molecule has 1 aliphatic heterocycles. The molecule has 1 saturated heterocycles. The van der Waals surface area contributed by atoms with Crippen LogP contribution in [0.5, 0.6) is 0 Å². The summed E-state index contributed by atoms with van der Waals surface area (Å²) in [5.41, 5.74) is 2.10. The van der Waals surface area contributed by atoms with Crippen LogP contribution in [0, 0.1) is 11.3 Å². The second-order valence-electron chi connectivity index (χ2n) is 4.85. The lowest BCUT2D eigenvalue weighted by Gasteiger charge is -2.34. The van der Waals surface area contributed by atoms with Gasteiger partial charge >= 0.3 is 0 Å². The van der Waals surface area contributed by atoms with Crippen LogP contribution in [0.4, 0.5) is 5.69 Å². The maximum Gasteiger partial charge on any atom is 0.161 e. The van der Waals surface area contributed by atoms with Gasteiger partial charge in [0.1, 0.15) is 0 Å². The first-order valence-electron chi connectivity index (χ1n) is 6.49. The minimum Gasteiger partial charge on any atom is -0.381 e. The van der Waals surface area contributed by atoms with Crippen molar-refractivity contribution in [2.75, 3.05) is 25.2 Å². The van der Waals surface area contributed by atoms with Crippen molar-refractivity contribution >= 4 is 11.5 Å². The van der Waals surface area contributed by atoms with E-state index in [9.17, 15) is 4.79 Å². The number of nitrogens with zero attached hydrogens (tertiary/aromatic N) is 2. The third-order valence-electron chi connectivity index (χ3n) is 3.62. The Morgan fingerprint density at radius 1 is 1.42 bits per heavy atom. The number of carbonyl (C=O) groups excluding carboxylic acids is 1. The van der Waals surface area contributed by atoms with E-state index in [1.807, 2.05) is 7.05 Å². The minimum absolute atomic E-state index is 0.0263. The van der Waals surface area contributed by atoms with Crippen molar-refractivity contribution in [3.8, 4) is 6.07 Å². The van der Waals surface area contributed by atoms with Crippen molar-refractivity contribution < 1.29 is 9.53 Å². The monoisotopic (exact) mass is 258 g/mol. The Labute approximate surface area is 113 Å². The molecule has 0 atom stereocenters. The molecule has 0 radical (unpaired) electrons. The Balaban J connectivity index is 2.35. The van der Waals surface area contributed by atoms with Gasteiger partial charge in [-0.15, -0.1) is 0 Å². The lowest BCUT2D eigenvalue weighted by atomic mass is 10.0. The quantitative estimate of drug-likeness (QED) is 0.781. The molecule has 0 bridgehead atoms. The van der Waals surface area contributed by atoms with Gasteiger partial charge < -0.3 is 9.64 Å². The van der Waals surface area contributed by atoms with Crippen molar-refractivity contribution in [2.24, 2.45) is 0 Å². The van der Waals surface area contributed by atoms with Crippen LogP contribution in [0.3, 0.4) is 0 Å². The summed E-state index contributed by atoms with van der Waals surface area (Å²) in [6.07, 6.45) is 1.90. The molecule has 0 N–H and O–H groups in total. The molecule has 19 heavy (non-hydrogen) atoms. The summed E-state index contributed by atoms with van der Waals surface area (Å²) in [4.78, 5) is 13.8. The first-order valence-corrected chi connectivity index (χ1v) is 6.49. The number of ether oxygens (including phenoxy) is 1. The fraction of sp³-hybridized carbons (Fsp3) is 0.467. The Morgan fingerprint density at radius 2 is 2.11 bits per heavy atom. The van der Waals surface area contributed by atoms with Gasteiger partial charge in [0.2, 0.25) is 0 Å². The zero-order valence-corrected chi connectivity index (χ0v) is 11.3. The normalized spacial score (nSPS) is 15.8. The first-order chi connectivity index (χ1) is 9.13. The molecule has 0 amide bonds. The summed E-state index contributed by atoms with van der Waals surface area (Å²) in [5, 5.41) is 9.01. The molecule has 1 heterocycles. The molecule has 0 saturated carbocycles. The molecule has 100 valence electrons. The largest absolute Gasteiger partial charge is 0.381 e. The fourth-order valence-electron chi connectivity index (χ4n) is 2.46. The first kappa shape index (κ1) is 13.6. The number of carbonyl (C=O) groups is 1. The van der Waals surface area contributed by atoms with Crippen LogP contribution in [-0.2, 0) is 4.74 Å². The van der Waals surface area contributed by atoms with Crippen LogP contribution in [0.15, 0.2) is 18.2 Å². The Bertz CT molecular complexity index is 513. The van der Waals surface area contributed by atoms with Gasteiger partial charge in [-0.3, -0.25) is 4.79 Å². The van der Waals surface area contributed by atoms with E-state index in [1.165, 1.54) is 0 Å². The Morgan fingerprint density at radius 3 is 2.68 bits per heavy atom. The van der Waals surface area contributed by atoms with Crippen molar-refractivity contribution in [1.82, 2.24) is 0 Å². The molecule has 1 aliphatic rings. The third kappa shape index (κ3) is 2.94. The van der Waals surface area contributed by atoms with Gasteiger partial charge in [0.05, 0.1) is 11.6 Å². The van der Waals surface area contributed by atoms with Crippen molar-refractivity contribution in [1.29, 1.82) is 5.26 Å². The molecule has 0 unspecified atom stereocenters. The molecular weight excluding hydrogens is 240 g/mol. The lowest BCUT2D eigenvalue weighted by Crippen LogP contribution is -2.37. The average molecular weight is 258 g/mol. The predicted octanol–water partition coefficient (Wildman–Crippen LogP) is 2.38. The molecule has 1 aromatic carbocycles. The van der Waals surface area contributed by atoms with Gasteiger partial charge in [0.25, 0.3) is 0 Å². The summed E-state index contributed by atoms with van der Waals surface area (Å²) in [6.45, 7) is 3.06. The van der Waals surface area contributed by atoms with Crippen LogP contribution in [0.25, 0.3) is 0 Å². The predicted molar refractivity (Wildman–Crippen MR) is 73.4 cm³/mol. The average Bonchev–Trinajstić information content (AvgIpc) is 2.46. The van der Waals surface area contributed by atoms with Crippen LogP contribution >= 0.6 is 0 Å². The molecular formula is C15H18N2O2. The van der Waals surface area contributed by atoms with Crippen LogP contribution in [-0.4, -0.2) is 32.1 Å². The highest BCUT2D eigenvalue weighted by Gasteiger charge is 2.22. The summed E-state index contributed by atoms with van der Waals surface area (Å²) in [5.74, 6) is 0.0263. The number of nitriles is 1. The van der Waals surface area contributed by atoms with E-state index in [2.05, 4.69) is 11.0 Å². The van der Waals surface area contributed by atoms with E-state index in [0.29, 0.717) is 17.2 Å². The fourth-order valence-corrected chi connectivity index (χ4v) is 2.46. The van der Waals surface area contributed by atoms with E-state index in [1.54, 1.807) is 25.1 Å². The second kappa shape index (κ2) is 5.85. The van der Waals surface area contributed by atoms with Gasteiger partial charge in [-0.1, -0.05) is 0 Å². The van der Waals surface area contributed by atoms with Gasteiger partial charge in [-0.2, -0.15) is 5.26 Å². The van der Waals surface area contributed by atoms with Crippen molar-refractivity contribution in [2.45, 2.75) is 25.8 Å². The van der Waals surface area contributed by atoms with Gasteiger partial charge in [0, 0.05) is 37.6 Å². The number of benzene rings is 1. The SMILES string of the molecule is CC(=O)c1ccc(C#N)cc1N(C)C1CCOCC1. The molecule has 1 aromatic rings. The topological polar surface area (TPSA) is 53.3 Å². The van der Waals surface area contributed by atoms with E-state index >= 15 is 0 Å². The summed E-state index contributed by atoms with van der Waals surface area (Å²) < 4.78 is 5.36. The number of Topliss-reactive ketones (excluding diaryl/α,β-unsaturated/α-hetero) is 1. The zero-order chi connectivity index (χ0) is 13.8. The van der Waals surface area contributed by atoms with Crippen LogP contribution < -0.4 is 4.90 Å². The minimum atomic E-state index is 0.0263. The van der Waals surface area contributed by atoms with Gasteiger partial charge in [-0.25, -0.2) is 0 Å². The highest BCUT2D eigenvalue weighted by molar-refractivity contribution is 6.00. The Hall–Kier alpha value is -1.86. The molecule has 2 rings (SSSR count). The van der Waals surface area contributed by atoms with Crippen LogP contribution in [0.1, 0.15) is 35.7 Å². The number of rotatable bonds is 3. The molecule has 0 aromatic heterocycles. The molecule has 1 fully saturated rings. The summed E-state index contributed by atoms with van der Waals surface area (Å²) in [6, 6.07) is 7.72. The number of anilines is 1. The van der Waals surface area contributed by atoms with E-state index in [4.69, 9.17) is 10.00 Å². The highest BCUT2D eigenvalue weighted by Crippen LogP contribution is 2.26. The number of ketones is 1. The van der Waals surface area contributed by atoms with Gasteiger partial charge in [0.15, 0.2) is 5.78 Å². The van der Waals surface area contributed by atoms with E-state index in [0.717, 1.165) is 31.7 Å². The molecule has 4 heteroatoms. The van der Waals surface area contributed by atoms with E-state index < -0.39 is 0 Å².